The molecule has 0 saturated heterocycles. The lowest BCUT2D eigenvalue weighted by Crippen LogP contribution is -2.22. The van der Waals surface area contributed by atoms with E-state index >= 15 is 0 Å². The Bertz CT molecular complexity index is 1050. The smallest absolute Gasteiger partial charge is 0.251 e. The Hall–Kier alpha value is -2.35. The molecule has 0 fully saturated rings. The molecule has 0 atom stereocenters. The molecule has 0 spiro atoms. The van der Waals surface area contributed by atoms with E-state index < -0.39 is 0 Å². The Balaban J connectivity index is 1.42. The van der Waals surface area contributed by atoms with E-state index in [2.05, 4.69) is 10.3 Å². The number of benzene rings is 1. The third-order valence-corrected chi connectivity index (χ3v) is 6.24. The van der Waals surface area contributed by atoms with Crippen LogP contribution in [-0.2, 0) is 6.54 Å². The van der Waals surface area contributed by atoms with Gasteiger partial charge in [0, 0.05) is 21.4 Å². The second-order valence-electron chi connectivity index (χ2n) is 5.32. The Kier molecular flexibility index (Phi) is 4.44. The highest BCUT2D eigenvalue weighted by atomic mass is 32.1. The lowest BCUT2D eigenvalue weighted by atomic mass is 10.2. The fourth-order valence-corrected chi connectivity index (χ4v) is 4.66. The normalized spacial score (nSPS) is 10.9. The van der Waals surface area contributed by atoms with Crippen molar-refractivity contribution in [2.45, 2.75) is 6.54 Å². The van der Waals surface area contributed by atoms with E-state index in [1.807, 2.05) is 41.1 Å². The van der Waals surface area contributed by atoms with Crippen LogP contribution in [0.1, 0.15) is 30.5 Å². The predicted octanol–water partition coefficient (Wildman–Crippen LogP) is 4.58. The largest absolute Gasteiger partial charge is 0.347 e. The number of nitrogens with one attached hydrogen (secondary N) is 1. The third kappa shape index (κ3) is 3.39. The molecule has 0 aliphatic rings. The maximum atomic E-state index is 12.3. The number of hydrogen-bond acceptors (Lipinski definition) is 6. The quantitative estimate of drug-likeness (QED) is 0.512. The van der Waals surface area contributed by atoms with Crippen LogP contribution >= 0.6 is 34.0 Å². The molecule has 124 valence electrons. The molecule has 0 bridgehead atoms. The van der Waals surface area contributed by atoms with Crippen LogP contribution in [0.3, 0.4) is 0 Å². The van der Waals surface area contributed by atoms with Crippen LogP contribution in [0, 0.1) is 0 Å². The lowest BCUT2D eigenvalue weighted by molar-refractivity contribution is 0.0951. The summed E-state index contributed by atoms with van der Waals surface area (Å²) >= 11 is 4.43. The molecule has 25 heavy (non-hydrogen) atoms. The standard InChI is InChI=1S/C18H12N2O2S3/c21-17(12-5-6-23-9-12)15-4-2-13(25-15)8-19-18(22)11-1-3-14-16(7-11)24-10-20-14/h1-7,9-10H,8H2,(H,19,22). The number of nitrogens with zero attached hydrogens (tertiary/aromatic N) is 1. The van der Waals surface area contributed by atoms with E-state index in [1.165, 1.54) is 34.0 Å². The minimum Gasteiger partial charge on any atom is -0.347 e. The predicted molar refractivity (Wildman–Crippen MR) is 103 cm³/mol. The number of thiazole rings is 1. The van der Waals surface area contributed by atoms with Gasteiger partial charge in [-0.15, -0.1) is 22.7 Å². The van der Waals surface area contributed by atoms with Gasteiger partial charge >= 0.3 is 0 Å². The first kappa shape index (κ1) is 16.1. The minimum absolute atomic E-state index is 0.0273. The second kappa shape index (κ2) is 6.87. The van der Waals surface area contributed by atoms with Crippen LogP contribution in [0.25, 0.3) is 10.2 Å². The summed E-state index contributed by atoms with van der Waals surface area (Å²) in [6.07, 6.45) is 0. The maximum Gasteiger partial charge on any atom is 0.251 e. The molecular formula is C18H12N2O2S3. The SMILES string of the molecule is O=C(NCc1ccc(C(=O)c2ccsc2)s1)c1ccc2ncsc2c1. The first-order chi connectivity index (χ1) is 12.2. The summed E-state index contributed by atoms with van der Waals surface area (Å²) in [5.41, 5.74) is 3.99. The molecule has 3 heterocycles. The van der Waals surface area contributed by atoms with E-state index in [9.17, 15) is 9.59 Å². The van der Waals surface area contributed by atoms with Gasteiger partial charge in [0.05, 0.1) is 27.1 Å². The molecule has 3 aromatic heterocycles. The average Bonchev–Trinajstić information content (AvgIpc) is 3.39. The Morgan fingerprint density at radius 3 is 2.84 bits per heavy atom. The topological polar surface area (TPSA) is 59.1 Å². The number of thiophene rings is 2. The van der Waals surface area contributed by atoms with Crippen molar-refractivity contribution in [3.05, 3.63) is 73.6 Å². The van der Waals surface area contributed by atoms with Gasteiger partial charge in [0.1, 0.15) is 0 Å². The summed E-state index contributed by atoms with van der Waals surface area (Å²) in [5, 5.41) is 6.64. The number of hydrogen-bond donors (Lipinski definition) is 1. The highest BCUT2D eigenvalue weighted by Gasteiger charge is 2.13. The van der Waals surface area contributed by atoms with Gasteiger partial charge in [-0.1, -0.05) is 0 Å². The van der Waals surface area contributed by atoms with Gasteiger partial charge < -0.3 is 5.32 Å². The van der Waals surface area contributed by atoms with Gasteiger partial charge in [-0.05, 0) is 41.8 Å². The van der Waals surface area contributed by atoms with Gasteiger partial charge in [0.2, 0.25) is 5.78 Å². The van der Waals surface area contributed by atoms with Crippen LogP contribution in [0.4, 0.5) is 0 Å². The average molecular weight is 385 g/mol. The molecule has 1 aromatic carbocycles. The fraction of sp³-hybridized carbons (Fsp3) is 0.0556. The van der Waals surface area contributed by atoms with Crippen LogP contribution in [0.2, 0.25) is 0 Å². The van der Waals surface area contributed by atoms with Crippen LogP contribution in [0.5, 0.6) is 0 Å². The first-order valence-electron chi connectivity index (χ1n) is 7.48. The highest BCUT2D eigenvalue weighted by molar-refractivity contribution is 7.16. The number of fused-ring (bicyclic) bond motifs is 1. The summed E-state index contributed by atoms with van der Waals surface area (Å²) in [4.78, 5) is 30.5. The molecule has 1 amide bonds. The zero-order valence-corrected chi connectivity index (χ0v) is 15.3. The van der Waals surface area contributed by atoms with E-state index in [1.54, 1.807) is 11.6 Å². The molecular weight excluding hydrogens is 372 g/mol. The third-order valence-electron chi connectivity index (χ3n) is 3.69. The van der Waals surface area contributed by atoms with Gasteiger partial charge in [-0.25, -0.2) is 4.98 Å². The van der Waals surface area contributed by atoms with Gasteiger partial charge in [-0.2, -0.15) is 11.3 Å². The van der Waals surface area contributed by atoms with Crippen molar-refractivity contribution in [3.63, 3.8) is 0 Å². The summed E-state index contributed by atoms with van der Waals surface area (Å²) in [7, 11) is 0. The fourth-order valence-electron chi connectivity index (χ4n) is 2.40. The van der Waals surface area contributed by atoms with Crippen molar-refractivity contribution in [2.24, 2.45) is 0 Å². The molecule has 0 radical (unpaired) electrons. The van der Waals surface area contributed by atoms with Crippen LogP contribution < -0.4 is 5.32 Å². The number of aromatic nitrogens is 1. The maximum absolute atomic E-state index is 12.3. The Labute approximate surface area is 155 Å². The number of ketones is 1. The van der Waals surface area contributed by atoms with E-state index in [-0.39, 0.29) is 11.7 Å². The zero-order valence-electron chi connectivity index (χ0n) is 12.9. The van der Waals surface area contributed by atoms with Crippen molar-refractivity contribution in [2.75, 3.05) is 0 Å². The molecule has 0 aliphatic carbocycles. The Morgan fingerprint density at radius 1 is 1.08 bits per heavy atom. The van der Waals surface area contributed by atoms with Crippen molar-refractivity contribution in [1.29, 1.82) is 0 Å². The Morgan fingerprint density at radius 2 is 2.00 bits per heavy atom. The van der Waals surface area contributed by atoms with E-state index in [0.717, 1.165) is 15.1 Å². The highest BCUT2D eigenvalue weighted by Crippen LogP contribution is 2.22. The van der Waals surface area contributed by atoms with Gasteiger partial charge in [-0.3, -0.25) is 9.59 Å². The molecule has 4 nitrogen and oxygen atoms in total. The summed E-state index contributed by atoms with van der Waals surface area (Å²) < 4.78 is 0.993. The minimum atomic E-state index is -0.130. The molecule has 1 N–H and O–H groups in total. The van der Waals surface area contributed by atoms with Gasteiger partial charge in [0.25, 0.3) is 5.91 Å². The van der Waals surface area contributed by atoms with Crippen molar-refractivity contribution in [3.8, 4) is 0 Å². The molecule has 0 saturated carbocycles. The number of carbonyl (C=O) groups excluding carboxylic acids is 2. The molecule has 4 rings (SSSR count). The second-order valence-corrected chi connectivity index (χ2v) is 8.16. The van der Waals surface area contributed by atoms with E-state index in [4.69, 9.17) is 0 Å². The molecule has 4 aromatic rings. The first-order valence-corrected chi connectivity index (χ1v) is 10.1. The number of amides is 1. The molecule has 0 aliphatic heterocycles. The molecule has 0 unspecified atom stereocenters. The lowest BCUT2D eigenvalue weighted by Gasteiger charge is -2.03. The van der Waals surface area contributed by atoms with Crippen molar-refractivity contribution in [1.82, 2.24) is 10.3 Å². The van der Waals surface area contributed by atoms with Crippen LogP contribution in [-0.4, -0.2) is 16.7 Å². The summed E-state index contributed by atoms with van der Waals surface area (Å²) in [5.74, 6) is -0.103. The van der Waals surface area contributed by atoms with E-state index in [0.29, 0.717) is 22.5 Å². The summed E-state index contributed by atoms with van der Waals surface area (Å²) in [6, 6.07) is 11.0. The van der Waals surface area contributed by atoms with Crippen LogP contribution in [0.15, 0.2) is 52.7 Å². The van der Waals surface area contributed by atoms with Gasteiger partial charge in [0.15, 0.2) is 0 Å². The zero-order chi connectivity index (χ0) is 17.2. The molecule has 7 heteroatoms. The monoisotopic (exact) mass is 384 g/mol. The summed E-state index contributed by atoms with van der Waals surface area (Å²) in [6.45, 7) is 0.404. The number of rotatable bonds is 5. The number of carbonyl (C=O) groups is 2. The van der Waals surface area contributed by atoms with Crippen molar-refractivity contribution < 1.29 is 9.59 Å². The van der Waals surface area contributed by atoms with Crippen molar-refractivity contribution >= 4 is 55.9 Å².